The lowest BCUT2D eigenvalue weighted by molar-refractivity contribution is 0.397. The SMILES string of the molecule is COc1cc(NCC(C)CCCl)ncn1. The first-order valence-electron chi connectivity index (χ1n) is 4.92. The zero-order valence-electron chi connectivity index (χ0n) is 9.03. The van der Waals surface area contributed by atoms with Crippen molar-refractivity contribution in [1.29, 1.82) is 0 Å². The molecular weight excluding hydrogens is 214 g/mol. The van der Waals surface area contributed by atoms with Crippen LogP contribution in [0.1, 0.15) is 13.3 Å². The highest BCUT2D eigenvalue weighted by molar-refractivity contribution is 6.17. The van der Waals surface area contributed by atoms with Crippen molar-refractivity contribution in [2.24, 2.45) is 5.92 Å². The fraction of sp³-hybridized carbons (Fsp3) is 0.600. The molecular formula is C10H16ClN3O. The number of nitrogens with zero attached hydrogens (tertiary/aromatic N) is 2. The van der Waals surface area contributed by atoms with Crippen molar-refractivity contribution < 1.29 is 4.74 Å². The predicted molar refractivity (Wildman–Crippen MR) is 61.6 cm³/mol. The van der Waals surface area contributed by atoms with Gasteiger partial charge in [-0.25, -0.2) is 9.97 Å². The largest absolute Gasteiger partial charge is 0.481 e. The fourth-order valence-electron chi connectivity index (χ4n) is 1.11. The Bertz CT molecular complexity index is 296. The molecule has 0 radical (unpaired) electrons. The molecule has 4 nitrogen and oxygen atoms in total. The molecule has 0 aliphatic heterocycles. The summed E-state index contributed by atoms with van der Waals surface area (Å²) in [5.41, 5.74) is 0. The first-order chi connectivity index (χ1) is 7.26. The van der Waals surface area contributed by atoms with E-state index in [1.807, 2.05) is 0 Å². The first-order valence-corrected chi connectivity index (χ1v) is 5.45. The number of aromatic nitrogens is 2. The third-order valence-electron chi connectivity index (χ3n) is 2.08. The molecule has 0 saturated heterocycles. The molecule has 1 rings (SSSR count). The number of hydrogen-bond acceptors (Lipinski definition) is 4. The second kappa shape index (κ2) is 6.45. The standard InChI is InChI=1S/C10H16ClN3O/c1-8(3-4-11)6-12-9-5-10(15-2)14-7-13-9/h5,7-8H,3-4,6H2,1-2H3,(H,12,13,14). The number of alkyl halides is 1. The summed E-state index contributed by atoms with van der Waals surface area (Å²) in [7, 11) is 1.59. The third-order valence-corrected chi connectivity index (χ3v) is 2.30. The Kier molecular flexibility index (Phi) is 5.18. The van der Waals surface area contributed by atoms with E-state index in [9.17, 15) is 0 Å². The summed E-state index contributed by atoms with van der Waals surface area (Å²) in [5.74, 6) is 2.57. The molecule has 1 aromatic heterocycles. The van der Waals surface area contributed by atoms with E-state index in [1.165, 1.54) is 6.33 Å². The van der Waals surface area contributed by atoms with Crippen molar-refractivity contribution in [3.8, 4) is 5.88 Å². The van der Waals surface area contributed by atoms with Gasteiger partial charge in [0, 0.05) is 18.5 Å². The van der Waals surface area contributed by atoms with E-state index in [1.54, 1.807) is 13.2 Å². The summed E-state index contributed by atoms with van der Waals surface area (Å²) in [5, 5.41) is 3.21. The van der Waals surface area contributed by atoms with E-state index in [-0.39, 0.29) is 0 Å². The minimum absolute atomic E-state index is 0.531. The summed E-state index contributed by atoms with van der Waals surface area (Å²) < 4.78 is 5.00. The third kappa shape index (κ3) is 4.34. The van der Waals surface area contributed by atoms with Gasteiger partial charge in [-0.3, -0.25) is 0 Å². The Labute approximate surface area is 95.0 Å². The van der Waals surface area contributed by atoms with Gasteiger partial charge in [-0.15, -0.1) is 11.6 Å². The lowest BCUT2D eigenvalue weighted by atomic mass is 10.1. The molecule has 15 heavy (non-hydrogen) atoms. The van der Waals surface area contributed by atoms with Crippen LogP contribution >= 0.6 is 11.6 Å². The van der Waals surface area contributed by atoms with Gasteiger partial charge in [-0.1, -0.05) is 6.92 Å². The lowest BCUT2D eigenvalue weighted by Crippen LogP contribution is -2.12. The molecule has 0 fully saturated rings. The van der Waals surface area contributed by atoms with Crippen LogP contribution in [0.25, 0.3) is 0 Å². The predicted octanol–water partition coefficient (Wildman–Crippen LogP) is 2.16. The van der Waals surface area contributed by atoms with Crippen LogP contribution < -0.4 is 10.1 Å². The van der Waals surface area contributed by atoms with Crippen LogP contribution in [0.15, 0.2) is 12.4 Å². The van der Waals surface area contributed by atoms with Gasteiger partial charge in [0.05, 0.1) is 7.11 Å². The maximum Gasteiger partial charge on any atom is 0.218 e. The molecule has 5 heteroatoms. The molecule has 84 valence electrons. The molecule has 0 amide bonds. The summed E-state index contributed by atoms with van der Waals surface area (Å²) >= 11 is 5.65. The minimum atomic E-state index is 0.531. The van der Waals surface area contributed by atoms with E-state index in [0.717, 1.165) is 18.8 Å². The molecule has 1 atom stereocenters. The number of hydrogen-bond donors (Lipinski definition) is 1. The number of anilines is 1. The molecule has 0 saturated carbocycles. The van der Waals surface area contributed by atoms with Gasteiger partial charge in [0.15, 0.2) is 0 Å². The molecule has 1 heterocycles. The second-order valence-corrected chi connectivity index (χ2v) is 3.79. The van der Waals surface area contributed by atoms with Gasteiger partial charge in [0.2, 0.25) is 5.88 Å². The van der Waals surface area contributed by atoms with Crippen LogP contribution in [-0.2, 0) is 0 Å². The van der Waals surface area contributed by atoms with Gasteiger partial charge in [-0.2, -0.15) is 0 Å². The topological polar surface area (TPSA) is 47.0 Å². The Hall–Kier alpha value is -1.03. The molecule has 0 bridgehead atoms. The normalized spacial score (nSPS) is 12.2. The highest BCUT2D eigenvalue weighted by Crippen LogP contribution is 2.11. The maximum absolute atomic E-state index is 5.65. The average Bonchev–Trinajstić information content (AvgIpc) is 2.27. The number of methoxy groups -OCH3 is 1. The van der Waals surface area contributed by atoms with E-state index >= 15 is 0 Å². The molecule has 0 spiro atoms. The highest BCUT2D eigenvalue weighted by atomic mass is 35.5. The maximum atomic E-state index is 5.65. The molecule has 0 aromatic carbocycles. The minimum Gasteiger partial charge on any atom is -0.481 e. The van der Waals surface area contributed by atoms with Crippen LogP contribution in [0.3, 0.4) is 0 Å². The van der Waals surface area contributed by atoms with E-state index in [4.69, 9.17) is 16.3 Å². The second-order valence-electron chi connectivity index (χ2n) is 3.41. The van der Waals surface area contributed by atoms with Crippen LogP contribution in [0.4, 0.5) is 5.82 Å². The molecule has 0 aliphatic rings. The monoisotopic (exact) mass is 229 g/mol. The molecule has 1 aromatic rings. The Balaban J connectivity index is 2.43. The highest BCUT2D eigenvalue weighted by Gasteiger charge is 2.02. The van der Waals surface area contributed by atoms with Gasteiger partial charge in [0.1, 0.15) is 12.1 Å². The molecule has 1 unspecified atom stereocenters. The van der Waals surface area contributed by atoms with Crippen molar-refractivity contribution in [3.05, 3.63) is 12.4 Å². The van der Waals surface area contributed by atoms with Crippen molar-refractivity contribution in [1.82, 2.24) is 9.97 Å². The number of rotatable bonds is 6. The van der Waals surface area contributed by atoms with Crippen molar-refractivity contribution in [2.75, 3.05) is 24.9 Å². The Morgan fingerprint density at radius 3 is 3.00 bits per heavy atom. The van der Waals surface area contributed by atoms with Crippen molar-refractivity contribution in [2.45, 2.75) is 13.3 Å². The quantitative estimate of drug-likeness (QED) is 0.760. The number of halogens is 1. The van der Waals surface area contributed by atoms with Crippen molar-refractivity contribution in [3.63, 3.8) is 0 Å². The molecule has 0 aliphatic carbocycles. The van der Waals surface area contributed by atoms with Crippen LogP contribution in [-0.4, -0.2) is 29.5 Å². The smallest absolute Gasteiger partial charge is 0.218 e. The summed E-state index contributed by atoms with van der Waals surface area (Å²) in [6, 6.07) is 1.77. The average molecular weight is 230 g/mol. The van der Waals surface area contributed by atoms with Crippen molar-refractivity contribution >= 4 is 17.4 Å². The van der Waals surface area contributed by atoms with Crippen LogP contribution in [0, 0.1) is 5.92 Å². The van der Waals surface area contributed by atoms with E-state index in [0.29, 0.717) is 17.7 Å². The Morgan fingerprint density at radius 2 is 2.33 bits per heavy atom. The molecule has 1 N–H and O–H groups in total. The van der Waals surface area contributed by atoms with Crippen LogP contribution in [0.2, 0.25) is 0 Å². The van der Waals surface area contributed by atoms with Gasteiger partial charge in [-0.05, 0) is 12.3 Å². The van der Waals surface area contributed by atoms with E-state index < -0.39 is 0 Å². The van der Waals surface area contributed by atoms with Gasteiger partial charge < -0.3 is 10.1 Å². The van der Waals surface area contributed by atoms with Gasteiger partial charge in [0.25, 0.3) is 0 Å². The summed E-state index contributed by atoms with van der Waals surface area (Å²) in [4.78, 5) is 8.01. The zero-order chi connectivity index (χ0) is 11.1. The van der Waals surface area contributed by atoms with E-state index in [2.05, 4.69) is 22.2 Å². The van der Waals surface area contributed by atoms with Crippen LogP contribution in [0.5, 0.6) is 5.88 Å². The zero-order valence-corrected chi connectivity index (χ0v) is 9.79. The number of ether oxygens (including phenoxy) is 1. The number of nitrogens with one attached hydrogen (secondary N) is 1. The lowest BCUT2D eigenvalue weighted by Gasteiger charge is -2.11. The van der Waals surface area contributed by atoms with Gasteiger partial charge >= 0.3 is 0 Å². The first kappa shape index (κ1) is 12.0. The summed E-state index contributed by atoms with van der Waals surface area (Å²) in [6.45, 7) is 3.00. The fourth-order valence-corrected chi connectivity index (χ4v) is 1.49. The summed E-state index contributed by atoms with van der Waals surface area (Å²) in [6.07, 6.45) is 2.48. The Morgan fingerprint density at radius 1 is 1.53 bits per heavy atom.